The average molecular weight is 807 g/mol. The first kappa shape index (κ1) is 51.2. The number of alkyl carbamates (subject to hydrolysis) is 1. The number of ether oxygens (including phenoxy) is 3. The molecule has 2 aromatic carbocycles. The van der Waals surface area contributed by atoms with Crippen molar-refractivity contribution in [3.63, 3.8) is 0 Å². The molecular weight excluding hydrogens is 721 g/mol. The number of unbranched alkanes of at least 4 members (excludes halogenated alkanes) is 22. The van der Waals surface area contributed by atoms with Gasteiger partial charge < -0.3 is 24.8 Å². The lowest BCUT2D eigenvalue weighted by Crippen LogP contribution is -2.51. The highest BCUT2D eigenvalue weighted by atomic mass is 16.6. The SMILES string of the molecule is CCCCCCCCCCCCCCOCC(CNC(=O)C(Cc1ccc(-c2ccccc2)cc1)NC(=O)OC(C)(C)C)OCCCCCCCCCCCCCC. The quantitative estimate of drug-likeness (QED) is 0.0670. The maximum Gasteiger partial charge on any atom is 0.408 e. The fraction of sp³-hybridized carbons (Fsp3) is 0.725. The molecule has 0 bridgehead atoms. The lowest BCUT2D eigenvalue weighted by Gasteiger charge is -2.24. The van der Waals surface area contributed by atoms with Crippen LogP contribution in [0.25, 0.3) is 11.1 Å². The van der Waals surface area contributed by atoms with Crippen molar-refractivity contribution in [2.45, 2.75) is 213 Å². The second-order valence-corrected chi connectivity index (χ2v) is 17.6. The summed E-state index contributed by atoms with van der Waals surface area (Å²) in [5.74, 6) is -0.266. The molecule has 0 saturated heterocycles. The van der Waals surface area contributed by atoms with Gasteiger partial charge in [0.15, 0.2) is 0 Å². The Morgan fingerprint density at radius 1 is 0.569 bits per heavy atom. The first-order chi connectivity index (χ1) is 28.2. The number of benzene rings is 2. The molecule has 0 aliphatic rings. The van der Waals surface area contributed by atoms with Crippen LogP contribution < -0.4 is 10.6 Å². The van der Waals surface area contributed by atoms with Crippen molar-refractivity contribution in [1.82, 2.24) is 10.6 Å². The minimum absolute atomic E-state index is 0.263. The molecular formula is C51H86N2O5. The number of rotatable bonds is 36. The van der Waals surface area contributed by atoms with Gasteiger partial charge in [0.25, 0.3) is 0 Å². The van der Waals surface area contributed by atoms with Crippen molar-refractivity contribution < 1.29 is 23.8 Å². The summed E-state index contributed by atoms with van der Waals surface area (Å²) in [6.07, 6.45) is 30.8. The largest absolute Gasteiger partial charge is 0.444 e. The first-order valence-electron chi connectivity index (χ1n) is 23.8. The van der Waals surface area contributed by atoms with E-state index < -0.39 is 17.7 Å². The summed E-state index contributed by atoms with van der Waals surface area (Å²) >= 11 is 0. The second-order valence-electron chi connectivity index (χ2n) is 17.6. The Bertz CT molecular complexity index is 1260. The van der Waals surface area contributed by atoms with Crippen LogP contribution in [-0.2, 0) is 25.4 Å². The van der Waals surface area contributed by atoms with E-state index in [4.69, 9.17) is 14.2 Å². The summed E-state index contributed by atoms with van der Waals surface area (Å²) in [6, 6.07) is 17.5. The van der Waals surface area contributed by atoms with E-state index in [1.54, 1.807) is 0 Å². The number of hydrogen-bond donors (Lipinski definition) is 2. The van der Waals surface area contributed by atoms with Crippen LogP contribution >= 0.6 is 0 Å². The normalized spacial score (nSPS) is 12.6. The van der Waals surface area contributed by atoms with Gasteiger partial charge in [0.1, 0.15) is 11.6 Å². The molecule has 2 aromatic rings. The second kappa shape index (κ2) is 33.9. The van der Waals surface area contributed by atoms with Crippen LogP contribution in [0.3, 0.4) is 0 Å². The fourth-order valence-corrected chi connectivity index (χ4v) is 7.32. The Kier molecular flexibility index (Phi) is 29.9. The molecule has 0 aliphatic heterocycles. The molecule has 0 fully saturated rings. The Balaban J connectivity index is 1.86. The van der Waals surface area contributed by atoms with Gasteiger partial charge in [-0.2, -0.15) is 0 Å². The van der Waals surface area contributed by atoms with Gasteiger partial charge in [-0.1, -0.05) is 210 Å². The van der Waals surface area contributed by atoms with Gasteiger partial charge in [0.2, 0.25) is 5.91 Å². The molecule has 2 rings (SSSR count). The highest BCUT2D eigenvalue weighted by molar-refractivity contribution is 5.86. The summed E-state index contributed by atoms with van der Waals surface area (Å²) in [5.41, 5.74) is 2.49. The van der Waals surface area contributed by atoms with E-state index in [1.807, 2.05) is 51.1 Å². The van der Waals surface area contributed by atoms with Crippen LogP contribution in [0.15, 0.2) is 54.6 Å². The number of amides is 2. The van der Waals surface area contributed by atoms with Crippen LogP contribution in [0, 0.1) is 0 Å². The lowest BCUT2D eigenvalue weighted by molar-refractivity contribution is -0.124. The minimum Gasteiger partial charge on any atom is -0.444 e. The molecule has 7 nitrogen and oxygen atoms in total. The van der Waals surface area contributed by atoms with Crippen molar-refractivity contribution >= 4 is 12.0 Å². The van der Waals surface area contributed by atoms with Crippen LogP contribution in [0.5, 0.6) is 0 Å². The number of carbonyl (C=O) groups excluding carboxylic acids is 2. The van der Waals surface area contributed by atoms with Gasteiger partial charge in [0.05, 0.1) is 12.7 Å². The van der Waals surface area contributed by atoms with E-state index in [1.165, 1.54) is 135 Å². The summed E-state index contributed by atoms with van der Waals surface area (Å²) in [6.45, 7) is 12.1. The molecule has 0 heterocycles. The third-order valence-corrected chi connectivity index (χ3v) is 10.8. The molecule has 0 spiro atoms. The first-order valence-corrected chi connectivity index (χ1v) is 23.8. The molecule has 0 radical (unpaired) electrons. The Morgan fingerprint density at radius 2 is 1.02 bits per heavy atom. The van der Waals surface area contributed by atoms with Gasteiger partial charge in [-0.05, 0) is 50.3 Å². The number of carbonyl (C=O) groups is 2. The average Bonchev–Trinajstić information content (AvgIpc) is 3.21. The lowest BCUT2D eigenvalue weighted by atomic mass is 10.0. The predicted molar refractivity (Wildman–Crippen MR) is 244 cm³/mol. The Labute approximate surface area is 355 Å². The minimum atomic E-state index is -0.809. The fourth-order valence-electron chi connectivity index (χ4n) is 7.32. The zero-order valence-electron chi connectivity index (χ0n) is 37.9. The van der Waals surface area contributed by atoms with Crippen molar-refractivity contribution in [3.05, 3.63) is 60.2 Å². The molecule has 58 heavy (non-hydrogen) atoms. The molecule has 2 amide bonds. The molecule has 0 saturated carbocycles. The van der Waals surface area contributed by atoms with Gasteiger partial charge >= 0.3 is 6.09 Å². The summed E-state index contributed by atoms with van der Waals surface area (Å²) in [5, 5.41) is 5.93. The van der Waals surface area contributed by atoms with E-state index in [0.29, 0.717) is 32.8 Å². The smallest absolute Gasteiger partial charge is 0.408 e. The van der Waals surface area contributed by atoms with Gasteiger partial charge in [0, 0.05) is 26.2 Å². The molecule has 330 valence electrons. The van der Waals surface area contributed by atoms with Crippen LogP contribution in [0.1, 0.15) is 194 Å². The van der Waals surface area contributed by atoms with E-state index in [-0.39, 0.29) is 12.0 Å². The van der Waals surface area contributed by atoms with Crippen LogP contribution in [0.4, 0.5) is 4.79 Å². The van der Waals surface area contributed by atoms with Crippen molar-refractivity contribution in [1.29, 1.82) is 0 Å². The van der Waals surface area contributed by atoms with Crippen molar-refractivity contribution in [3.8, 4) is 11.1 Å². The molecule has 0 aliphatic carbocycles. The third-order valence-electron chi connectivity index (χ3n) is 10.8. The Morgan fingerprint density at radius 3 is 1.50 bits per heavy atom. The predicted octanol–water partition coefficient (Wildman–Crippen LogP) is 13.7. The zero-order chi connectivity index (χ0) is 41.9. The van der Waals surface area contributed by atoms with E-state index in [0.717, 1.165) is 36.0 Å². The standard InChI is InChI=1S/C51H86N2O5/c1-6-8-10-12-14-16-18-20-22-24-26-31-39-56-43-47(57-40-32-27-25-23-21-19-17-15-13-11-9-7-2)42-52-49(54)48(53-50(55)58-51(3,4)5)41-44-35-37-46(38-36-44)45-33-29-28-30-34-45/h28-30,33-38,47-48H,6-27,31-32,39-43H2,1-5H3,(H,52,54)(H,53,55). The summed E-state index contributed by atoms with van der Waals surface area (Å²) in [4.78, 5) is 26.6. The van der Waals surface area contributed by atoms with Crippen LogP contribution in [-0.4, -0.2) is 56.1 Å². The van der Waals surface area contributed by atoms with Gasteiger partial charge in [-0.25, -0.2) is 4.79 Å². The number of hydrogen-bond acceptors (Lipinski definition) is 5. The molecule has 7 heteroatoms. The monoisotopic (exact) mass is 807 g/mol. The van der Waals surface area contributed by atoms with Gasteiger partial charge in [-0.15, -0.1) is 0 Å². The van der Waals surface area contributed by atoms with Crippen LogP contribution in [0.2, 0.25) is 0 Å². The number of nitrogens with one attached hydrogen (secondary N) is 2. The summed E-state index contributed by atoms with van der Waals surface area (Å²) < 4.78 is 18.0. The maximum atomic E-state index is 13.8. The molecule has 2 unspecified atom stereocenters. The zero-order valence-corrected chi connectivity index (χ0v) is 37.9. The van der Waals surface area contributed by atoms with Gasteiger partial charge in [-0.3, -0.25) is 4.79 Å². The van der Waals surface area contributed by atoms with Crippen molar-refractivity contribution in [2.75, 3.05) is 26.4 Å². The summed E-state index contributed by atoms with van der Waals surface area (Å²) in [7, 11) is 0. The Hall–Kier alpha value is -2.90. The van der Waals surface area contributed by atoms with E-state index in [9.17, 15) is 9.59 Å². The molecule has 2 N–H and O–H groups in total. The molecule has 2 atom stereocenters. The van der Waals surface area contributed by atoms with E-state index >= 15 is 0 Å². The topological polar surface area (TPSA) is 85.9 Å². The maximum absolute atomic E-state index is 13.8. The highest BCUT2D eigenvalue weighted by Gasteiger charge is 2.25. The third kappa shape index (κ3) is 27.7. The van der Waals surface area contributed by atoms with E-state index in [2.05, 4.69) is 48.7 Å². The molecule has 0 aromatic heterocycles. The highest BCUT2D eigenvalue weighted by Crippen LogP contribution is 2.20. The van der Waals surface area contributed by atoms with Crippen molar-refractivity contribution in [2.24, 2.45) is 0 Å².